The molecule has 3 nitrogen and oxygen atoms in total. The highest BCUT2D eigenvalue weighted by molar-refractivity contribution is 5.27. The van der Waals surface area contributed by atoms with Gasteiger partial charge >= 0.3 is 0 Å². The van der Waals surface area contributed by atoms with Crippen LogP contribution in [0.2, 0.25) is 0 Å². The van der Waals surface area contributed by atoms with Gasteiger partial charge in [-0.15, -0.1) is 0 Å². The molecule has 1 atom stereocenters. The van der Waals surface area contributed by atoms with Crippen LogP contribution >= 0.6 is 0 Å². The highest BCUT2D eigenvalue weighted by atomic mass is 19.3. The van der Waals surface area contributed by atoms with Crippen molar-refractivity contribution >= 4 is 0 Å². The molecule has 17 heavy (non-hydrogen) atoms. The van der Waals surface area contributed by atoms with Crippen molar-refractivity contribution in [2.24, 2.45) is 5.92 Å². The lowest BCUT2D eigenvalue weighted by Crippen LogP contribution is -2.21. The molecule has 0 amide bonds. The maximum absolute atomic E-state index is 12.3. The smallest absolute Gasteiger partial charge is 0.236 e. The van der Waals surface area contributed by atoms with Gasteiger partial charge in [0.05, 0.1) is 11.5 Å². The van der Waals surface area contributed by atoms with Gasteiger partial charge in [0, 0.05) is 18.0 Å². The second-order valence-electron chi connectivity index (χ2n) is 4.72. The van der Waals surface area contributed by atoms with Crippen molar-refractivity contribution in [1.82, 2.24) is 9.97 Å². The molecule has 0 saturated heterocycles. The van der Waals surface area contributed by atoms with E-state index in [9.17, 15) is 14.0 Å². The predicted octanol–water partition coefficient (Wildman–Crippen LogP) is 3.00. The first-order valence-electron chi connectivity index (χ1n) is 5.57. The van der Waals surface area contributed by atoms with Crippen LogP contribution in [0.1, 0.15) is 44.0 Å². The van der Waals surface area contributed by atoms with Crippen LogP contribution in [0.3, 0.4) is 0 Å². The Bertz CT molecular complexity index is 434. The fourth-order valence-corrected chi connectivity index (χ4v) is 1.86. The molecule has 1 saturated carbocycles. The van der Waals surface area contributed by atoms with E-state index in [1.807, 2.05) is 6.92 Å². The summed E-state index contributed by atoms with van der Waals surface area (Å²) in [5, 5.41) is 9.24. The molecule has 0 aromatic carbocycles. The first-order valence-corrected chi connectivity index (χ1v) is 5.57. The van der Waals surface area contributed by atoms with Crippen LogP contribution in [-0.2, 0) is 5.41 Å². The molecular formula is C12H13F2N3. The predicted molar refractivity (Wildman–Crippen MR) is 57.3 cm³/mol. The Kier molecular flexibility index (Phi) is 3.05. The molecule has 0 N–H and O–H groups in total. The molecule has 0 radical (unpaired) electrons. The van der Waals surface area contributed by atoms with Gasteiger partial charge in [-0.25, -0.2) is 18.7 Å². The SMILES string of the molecule is CC(C#N)(CC1CC1)c1cnc(C(F)F)nc1. The number of nitriles is 1. The number of aromatic nitrogens is 2. The highest BCUT2D eigenvalue weighted by Gasteiger charge is 2.35. The molecule has 1 unspecified atom stereocenters. The average molecular weight is 237 g/mol. The molecule has 0 aliphatic heterocycles. The zero-order valence-electron chi connectivity index (χ0n) is 9.53. The minimum Gasteiger partial charge on any atom is -0.236 e. The second kappa shape index (κ2) is 4.36. The molecule has 90 valence electrons. The summed E-state index contributed by atoms with van der Waals surface area (Å²) in [6.45, 7) is 1.81. The van der Waals surface area contributed by atoms with E-state index in [1.165, 1.54) is 12.4 Å². The van der Waals surface area contributed by atoms with Gasteiger partial charge < -0.3 is 0 Å². The van der Waals surface area contributed by atoms with Crippen molar-refractivity contribution in [1.29, 1.82) is 5.26 Å². The zero-order valence-corrected chi connectivity index (χ0v) is 9.53. The summed E-state index contributed by atoms with van der Waals surface area (Å²) in [5.41, 5.74) is -0.0433. The van der Waals surface area contributed by atoms with Crippen LogP contribution in [0, 0.1) is 17.2 Å². The summed E-state index contributed by atoms with van der Waals surface area (Å²) in [6, 6.07) is 2.25. The zero-order chi connectivity index (χ0) is 12.5. The molecule has 2 rings (SSSR count). The van der Waals surface area contributed by atoms with Crippen molar-refractivity contribution < 1.29 is 8.78 Å². The van der Waals surface area contributed by atoms with Gasteiger partial charge in [-0.2, -0.15) is 5.26 Å². The summed E-state index contributed by atoms with van der Waals surface area (Å²) in [6.07, 6.45) is 3.07. The third-order valence-corrected chi connectivity index (χ3v) is 3.14. The third kappa shape index (κ3) is 2.57. The van der Waals surface area contributed by atoms with E-state index in [4.69, 9.17) is 0 Å². The molecular weight excluding hydrogens is 224 g/mol. The molecule has 1 heterocycles. The largest absolute Gasteiger partial charge is 0.297 e. The van der Waals surface area contributed by atoms with Crippen molar-refractivity contribution in [2.45, 2.75) is 38.0 Å². The average Bonchev–Trinajstić information content (AvgIpc) is 3.13. The van der Waals surface area contributed by atoms with Gasteiger partial charge in [-0.1, -0.05) is 12.8 Å². The Hall–Kier alpha value is -1.57. The first kappa shape index (κ1) is 11.9. The summed E-state index contributed by atoms with van der Waals surface area (Å²) in [7, 11) is 0. The summed E-state index contributed by atoms with van der Waals surface area (Å²) in [4.78, 5) is 7.22. The molecule has 5 heteroatoms. The minimum atomic E-state index is -2.67. The highest BCUT2D eigenvalue weighted by Crippen LogP contribution is 2.41. The van der Waals surface area contributed by atoms with Gasteiger partial charge in [0.25, 0.3) is 6.43 Å². The number of nitrogens with zero attached hydrogens (tertiary/aromatic N) is 3. The Morgan fingerprint density at radius 2 is 2.06 bits per heavy atom. The summed E-state index contributed by atoms with van der Waals surface area (Å²) >= 11 is 0. The first-order chi connectivity index (χ1) is 8.05. The van der Waals surface area contributed by atoms with Crippen molar-refractivity contribution in [3.8, 4) is 6.07 Å². The second-order valence-corrected chi connectivity index (χ2v) is 4.72. The van der Waals surface area contributed by atoms with E-state index >= 15 is 0 Å². The molecule has 1 aliphatic carbocycles. The van der Waals surface area contributed by atoms with Crippen molar-refractivity contribution in [2.75, 3.05) is 0 Å². The number of hydrogen-bond donors (Lipinski definition) is 0. The van der Waals surface area contributed by atoms with Crippen LogP contribution in [0.15, 0.2) is 12.4 Å². The van der Waals surface area contributed by atoms with Crippen molar-refractivity contribution in [3.63, 3.8) is 0 Å². The van der Waals surface area contributed by atoms with E-state index in [0.29, 0.717) is 11.5 Å². The van der Waals surface area contributed by atoms with E-state index in [2.05, 4.69) is 16.0 Å². The van der Waals surface area contributed by atoms with Crippen LogP contribution in [0.5, 0.6) is 0 Å². The molecule has 1 fully saturated rings. The Morgan fingerprint density at radius 3 is 2.47 bits per heavy atom. The summed E-state index contributed by atoms with van der Waals surface area (Å²) in [5.74, 6) is 0.0925. The molecule has 0 bridgehead atoms. The van der Waals surface area contributed by atoms with Gasteiger partial charge in [-0.05, 0) is 19.3 Å². The van der Waals surface area contributed by atoms with Gasteiger partial charge in [-0.3, -0.25) is 0 Å². The lowest BCUT2D eigenvalue weighted by molar-refractivity contribution is 0.140. The monoisotopic (exact) mass is 237 g/mol. The van der Waals surface area contributed by atoms with Gasteiger partial charge in [0.1, 0.15) is 0 Å². The Morgan fingerprint density at radius 1 is 1.47 bits per heavy atom. The van der Waals surface area contributed by atoms with Crippen LogP contribution in [0.4, 0.5) is 8.78 Å². The fourth-order valence-electron chi connectivity index (χ4n) is 1.86. The number of alkyl halides is 2. The normalized spacial score (nSPS) is 18.8. The van der Waals surface area contributed by atoms with Crippen molar-refractivity contribution in [3.05, 3.63) is 23.8 Å². The van der Waals surface area contributed by atoms with Crippen LogP contribution in [-0.4, -0.2) is 9.97 Å². The fraction of sp³-hybridized carbons (Fsp3) is 0.583. The van der Waals surface area contributed by atoms with Gasteiger partial charge in [0.15, 0.2) is 5.82 Å². The number of rotatable bonds is 4. The van der Waals surface area contributed by atoms with E-state index in [1.54, 1.807) is 0 Å². The number of hydrogen-bond acceptors (Lipinski definition) is 3. The molecule has 1 aromatic rings. The van der Waals surface area contributed by atoms with E-state index < -0.39 is 17.7 Å². The topological polar surface area (TPSA) is 49.6 Å². The van der Waals surface area contributed by atoms with Gasteiger partial charge in [0.2, 0.25) is 0 Å². The molecule has 1 aliphatic rings. The lowest BCUT2D eigenvalue weighted by atomic mass is 9.81. The Labute approximate surface area is 98.5 Å². The lowest BCUT2D eigenvalue weighted by Gasteiger charge is -2.21. The van der Waals surface area contributed by atoms with E-state index in [0.717, 1.165) is 19.3 Å². The molecule has 0 spiro atoms. The summed E-state index contributed by atoms with van der Waals surface area (Å²) < 4.78 is 24.6. The number of halogens is 2. The van der Waals surface area contributed by atoms with E-state index in [-0.39, 0.29) is 0 Å². The minimum absolute atomic E-state index is 0.486. The maximum atomic E-state index is 12.3. The molecule has 1 aromatic heterocycles. The van der Waals surface area contributed by atoms with Crippen LogP contribution in [0.25, 0.3) is 0 Å². The van der Waals surface area contributed by atoms with Crippen LogP contribution < -0.4 is 0 Å². The third-order valence-electron chi connectivity index (χ3n) is 3.14. The maximum Gasteiger partial charge on any atom is 0.297 e. The Balaban J connectivity index is 2.21. The standard InChI is InChI=1S/C12H13F2N3/c1-12(7-15,4-8-2-3-8)9-5-16-11(10(13)14)17-6-9/h5-6,8,10H,2-4H2,1H3. The quantitative estimate of drug-likeness (QED) is 0.808.